The van der Waals surface area contributed by atoms with Crippen molar-refractivity contribution >= 4 is 15.9 Å². The lowest BCUT2D eigenvalue weighted by Crippen LogP contribution is -2.41. The van der Waals surface area contributed by atoms with Crippen molar-refractivity contribution in [2.45, 2.75) is 24.7 Å². The molecule has 0 spiro atoms. The normalized spacial score (nSPS) is 15.5. The van der Waals surface area contributed by atoms with Crippen molar-refractivity contribution in [1.82, 2.24) is 4.90 Å². The standard InChI is InChI=1S/C19H22N2O5S/c20-27(24,25)13-14-4-6-15(7-5-14)19(23)21-10-8-17(9-11-21)26-18-3-1-2-16(22)12-18/h1-7,12,17,22H,8-11,13H2,(H2,20,24,25). The monoisotopic (exact) mass is 390 g/mol. The summed E-state index contributed by atoms with van der Waals surface area (Å²) in [6.45, 7) is 1.14. The third kappa shape index (κ3) is 5.45. The first-order valence-electron chi connectivity index (χ1n) is 8.64. The summed E-state index contributed by atoms with van der Waals surface area (Å²) < 4.78 is 28.1. The van der Waals surface area contributed by atoms with Crippen LogP contribution in [0.2, 0.25) is 0 Å². The maximum Gasteiger partial charge on any atom is 0.253 e. The zero-order valence-electron chi connectivity index (χ0n) is 14.7. The van der Waals surface area contributed by atoms with Crippen LogP contribution in [-0.4, -0.2) is 43.5 Å². The van der Waals surface area contributed by atoms with Gasteiger partial charge in [-0.05, 0) is 29.8 Å². The number of sulfonamides is 1. The molecule has 1 saturated heterocycles. The molecule has 2 aromatic carbocycles. The fourth-order valence-electron chi connectivity index (χ4n) is 3.08. The summed E-state index contributed by atoms with van der Waals surface area (Å²) in [5, 5.41) is 14.5. The van der Waals surface area contributed by atoms with Crippen molar-refractivity contribution in [3.8, 4) is 11.5 Å². The second kappa shape index (κ2) is 7.98. The summed E-state index contributed by atoms with van der Waals surface area (Å²) in [7, 11) is -3.59. The number of nitrogens with two attached hydrogens (primary N) is 1. The third-order valence-electron chi connectivity index (χ3n) is 4.42. The Bertz CT molecular complexity index is 904. The molecule has 0 atom stereocenters. The van der Waals surface area contributed by atoms with E-state index in [2.05, 4.69) is 0 Å². The van der Waals surface area contributed by atoms with E-state index in [4.69, 9.17) is 9.88 Å². The molecule has 3 rings (SSSR count). The first-order valence-corrected chi connectivity index (χ1v) is 10.4. The highest BCUT2D eigenvalue weighted by Gasteiger charge is 2.24. The van der Waals surface area contributed by atoms with E-state index in [9.17, 15) is 18.3 Å². The number of likely N-dealkylation sites (tertiary alicyclic amines) is 1. The van der Waals surface area contributed by atoms with E-state index < -0.39 is 10.0 Å². The first kappa shape index (κ1) is 19.2. The van der Waals surface area contributed by atoms with Crippen LogP contribution in [0.15, 0.2) is 48.5 Å². The molecule has 0 saturated carbocycles. The highest BCUT2D eigenvalue weighted by Crippen LogP contribution is 2.23. The Morgan fingerprint density at radius 2 is 1.81 bits per heavy atom. The lowest BCUT2D eigenvalue weighted by Gasteiger charge is -2.32. The van der Waals surface area contributed by atoms with Gasteiger partial charge in [-0.15, -0.1) is 0 Å². The van der Waals surface area contributed by atoms with E-state index in [1.165, 1.54) is 0 Å². The fraction of sp³-hybridized carbons (Fsp3) is 0.316. The minimum absolute atomic E-state index is 0.00649. The number of hydrogen-bond donors (Lipinski definition) is 2. The minimum atomic E-state index is -3.59. The van der Waals surface area contributed by atoms with Crippen molar-refractivity contribution in [3.63, 3.8) is 0 Å². The lowest BCUT2D eigenvalue weighted by molar-refractivity contribution is 0.0595. The molecule has 0 unspecified atom stereocenters. The molecule has 1 amide bonds. The fourth-order valence-corrected chi connectivity index (χ4v) is 3.74. The van der Waals surface area contributed by atoms with E-state index in [0.717, 1.165) is 0 Å². The van der Waals surface area contributed by atoms with Crippen molar-refractivity contribution in [1.29, 1.82) is 0 Å². The Morgan fingerprint density at radius 3 is 2.41 bits per heavy atom. The van der Waals surface area contributed by atoms with Crippen LogP contribution in [0.25, 0.3) is 0 Å². The zero-order chi connectivity index (χ0) is 19.4. The predicted molar refractivity (Wildman–Crippen MR) is 101 cm³/mol. The molecule has 0 aromatic heterocycles. The smallest absolute Gasteiger partial charge is 0.253 e. The van der Waals surface area contributed by atoms with Gasteiger partial charge in [0.2, 0.25) is 10.0 Å². The Hall–Kier alpha value is -2.58. The second-order valence-electron chi connectivity index (χ2n) is 6.61. The van der Waals surface area contributed by atoms with Crippen molar-refractivity contribution in [3.05, 3.63) is 59.7 Å². The number of phenolic OH excluding ortho intramolecular Hbond substituents is 1. The number of benzene rings is 2. The molecule has 144 valence electrons. The molecule has 0 aliphatic carbocycles. The summed E-state index contributed by atoms with van der Waals surface area (Å²) in [6.07, 6.45) is 1.39. The summed E-state index contributed by atoms with van der Waals surface area (Å²) in [5.41, 5.74) is 1.06. The van der Waals surface area contributed by atoms with Gasteiger partial charge in [-0.1, -0.05) is 18.2 Å². The van der Waals surface area contributed by atoms with Crippen molar-refractivity contribution in [2.24, 2.45) is 5.14 Å². The Balaban J connectivity index is 1.55. The molecule has 0 radical (unpaired) electrons. The Kier molecular flexibility index (Phi) is 5.67. The molecule has 27 heavy (non-hydrogen) atoms. The topological polar surface area (TPSA) is 110 Å². The molecule has 2 aromatic rings. The summed E-state index contributed by atoms with van der Waals surface area (Å²) in [5.74, 6) is 0.434. The Labute approximate surface area is 158 Å². The quantitative estimate of drug-likeness (QED) is 0.810. The summed E-state index contributed by atoms with van der Waals surface area (Å²) >= 11 is 0. The molecule has 1 aliphatic heterocycles. The average Bonchev–Trinajstić information content (AvgIpc) is 2.61. The van der Waals surface area contributed by atoms with E-state index in [1.807, 2.05) is 0 Å². The van der Waals surface area contributed by atoms with E-state index in [-0.39, 0.29) is 23.5 Å². The highest BCUT2D eigenvalue weighted by atomic mass is 32.2. The number of ether oxygens (including phenoxy) is 1. The van der Waals surface area contributed by atoms with Gasteiger partial charge in [0.15, 0.2) is 0 Å². The predicted octanol–water partition coefficient (Wildman–Crippen LogP) is 1.86. The van der Waals surface area contributed by atoms with Gasteiger partial charge >= 0.3 is 0 Å². The van der Waals surface area contributed by atoms with E-state index in [0.29, 0.717) is 42.8 Å². The molecule has 3 N–H and O–H groups in total. The molecule has 1 fully saturated rings. The number of hydrogen-bond acceptors (Lipinski definition) is 5. The van der Waals surface area contributed by atoms with Crippen LogP contribution < -0.4 is 9.88 Å². The van der Waals surface area contributed by atoms with Gasteiger partial charge in [-0.2, -0.15) is 0 Å². The maximum absolute atomic E-state index is 12.6. The SMILES string of the molecule is NS(=O)(=O)Cc1ccc(C(=O)N2CCC(Oc3cccc(O)c3)CC2)cc1. The highest BCUT2D eigenvalue weighted by molar-refractivity contribution is 7.88. The third-order valence-corrected chi connectivity index (χ3v) is 5.15. The van der Waals surface area contributed by atoms with Gasteiger partial charge in [0.25, 0.3) is 5.91 Å². The number of phenols is 1. The maximum atomic E-state index is 12.6. The van der Waals surface area contributed by atoms with Crippen LogP contribution in [0, 0.1) is 0 Å². The van der Waals surface area contributed by atoms with Gasteiger partial charge < -0.3 is 14.7 Å². The summed E-state index contributed by atoms with van der Waals surface area (Å²) in [6, 6.07) is 13.1. The largest absolute Gasteiger partial charge is 0.508 e. The van der Waals surface area contributed by atoms with Crippen LogP contribution in [0.1, 0.15) is 28.8 Å². The summed E-state index contributed by atoms with van der Waals surface area (Å²) in [4.78, 5) is 14.4. The number of carbonyl (C=O) groups excluding carboxylic acids is 1. The van der Waals surface area contributed by atoms with Gasteiger partial charge in [0.1, 0.15) is 17.6 Å². The lowest BCUT2D eigenvalue weighted by atomic mass is 10.1. The number of amides is 1. The van der Waals surface area contributed by atoms with Gasteiger partial charge in [-0.3, -0.25) is 4.79 Å². The zero-order valence-corrected chi connectivity index (χ0v) is 15.6. The molecule has 8 heteroatoms. The van der Waals surface area contributed by atoms with Gasteiger partial charge in [0, 0.05) is 37.6 Å². The van der Waals surface area contributed by atoms with Crippen LogP contribution in [-0.2, 0) is 15.8 Å². The number of rotatable bonds is 5. The Morgan fingerprint density at radius 1 is 1.15 bits per heavy atom. The molecule has 1 aliphatic rings. The number of aromatic hydroxyl groups is 1. The van der Waals surface area contributed by atoms with E-state index >= 15 is 0 Å². The van der Waals surface area contributed by atoms with Gasteiger partial charge in [-0.25, -0.2) is 13.6 Å². The van der Waals surface area contributed by atoms with Crippen LogP contribution >= 0.6 is 0 Å². The average molecular weight is 390 g/mol. The van der Waals surface area contributed by atoms with Crippen molar-refractivity contribution in [2.75, 3.05) is 13.1 Å². The molecular weight excluding hydrogens is 368 g/mol. The molecule has 1 heterocycles. The number of piperidine rings is 1. The minimum Gasteiger partial charge on any atom is -0.508 e. The van der Waals surface area contributed by atoms with Crippen LogP contribution in [0.4, 0.5) is 0 Å². The van der Waals surface area contributed by atoms with Crippen molar-refractivity contribution < 1.29 is 23.1 Å². The van der Waals surface area contributed by atoms with Crippen LogP contribution in [0.3, 0.4) is 0 Å². The molecular formula is C19H22N2O5S. The number of carbonyl (C=O) groups is 1. The first-order chi connectivity index (χ1) is 12.8. The van der Waals surface area contributed by atoms with E-state index in [1.54, 1.807) is 53.4 Å². The van der Waals surface area contributed by atoms with Crippen LogP contribution in [0.5, 0.6) is 11.5 Å². The van der Waals surface area contributed by atoms with Gasteiger partial charge in [0.05, 0.1) is 5.75 Å². The number of primary sulfonamides is 1. The molecule has 0 bridgehead atoms. The number of nitrogens with zero attached hydrogens (tertiary/aromatic N) is 1. The molecule has 7 nitrogen and oxygen atoms in total. The second-order valence-corrected chi connectivity index (χ2v) is 8.23.